The number of carbonyl (C=O) groups is 1. The summed E-state index contributed by atoms with van der Waals surface area (Å²) in [6.07, 6.45) is 3.35. The minimum Gasteiger partial charge on any atom is -0.383 e. The van der Waals surface area contributed by atoms with Gasteiger partial charge in [0.25, 0.3) is 5.91 Å². The summed E-state index contributed by atoms with van der Waals surface area (Å²) < 4.78 is 5.00. The Hall–Kier alpha value is -2.27. The molecule has 0 saturated heterocycles. The maximum absolute atomic E-state index is 12.1. The molecule has 1 N–H and O–H groups in total. The molecule has 0 aliphatic carbocycles. The number of aromatic nitrogens is 2. The standard InChI is InChI=1S/C15H17N3O2/c1-11(10-20-2)18-15(19)13-6-3-5-12(9-13)14-16-7-4-8-17-14/h3-9,11H,10H2,1-2H3,(H,18,19). The van der Waals surface area contributed by atoms with Gasteiger partial charge in [-0.05, 0) is 25.1 Å². The second kappa shape index (κ2) is 6.77. The monoisotopic (exact) mass is 271 g/mol. The molecule has 0 saturated carbocycles. The lowest BCUT2D eigenvalue weighted by Crippen LogP contribution is -2.35. The van der Waals surface area contributed by atoms with E-state index in [0.717, 1.165) is 5.56 Å². The van der Waals surface area contributed by atoms with Crippen LogP contribution < -0.4 is 5.32 Å². The van der Waals surface area contributed by atoms with Crippen LogP contribution in [-0.2, 0) is 4.74 Å². The molecule has 2 aromatic rings. The maximum Gasteiger partial charge on any atom is 0.251 e. The first kappa shape index (κ1) is 14.1. The van der Waals surface area contributed by atoms with E-state index in [1.807, 2.05) is 19.1 Å². The van der Waals surface area contributed by atoms with Crippen LogP contribution in [0.3, 0.4) is 0 Å². The first-order valence-electron chi connectivity index (χ1n) is 6.38. The summed E-state index contributed by atoms with van der Waals surface area (Å²) in [4.78, 5) is 20.5. The molecule has 0 aliphatic heterocycles. The highest BCUT2D eigenvalue weighted by molar-refractivity contribution is 5.95. The van der Waals surface area contributed by atoms with Crippen molar-refractivity contribution >= 4 is 5.91 Å². The molecule has 1 heterocycles. The zero-order chi connectivity index (χ0) is 14.4. The van der Waals surface area contributed by atoms with Crippen LogP contribution in [0.5, 0.6) is 0 Å². The predicted octanol–water partition coefficient (Wildman–Crippen LogP) is 1.91. The third kappa shape index (κ3) is 3.61. The fourth-order valence-corrected chi connectivity index (χ4v) is 1.85. The Morgan fingerprint density at radius 1 is 1.30 bits per heavy atom. The van der Waals surface area contributed by atoms with Crippen molar-refractivity contribution < 1.29 is 9.53 Å². The van der Waals surface area contributed by atoms with Crippen LogP contribution >= 0.6 is 0 Å². The summed E-state index contributed by atoms with van der Waals surface area (Å²) in [6, 6.07) is 8.97. The molecule has 2 rings (SSSR count). The quantitative estimate of drug-likeness (QED) is 0.902. The van der Waals surface area contributed by atoms with Crippen molar-refractivity contribution in [2.45, 2.75) is 13.0 Å². The Balaban J connectivity index is 2.16. The number of carbonyl (C=O) groups excluding carboxylic acids is 1. The van der Waals surface area contributed by atoms with Crippen molar-refractivity contribution in [1.29, 1.82) is 0 Å². The highest BCUT2D eigenvalue weighted by Crippen LogP contribution is 2.15. The smallest absolute Gasteiger partial charge is 0.251 e. The fraction of sp³-hybridized carbons (Fsp3) is 0.267. The largest absolute Gasteiger partial charge is 0.383 e. The lowest BCUT2D eigenvalue weighted by atomic mass is 10.1. The van der Waals surface area contributed by atoms with E-state index in [-0.39, 0.29) is 11.9 Å². The highest BCUT2D eigenvalue weighted by atomic mass is 16.5. The van der Waals surface area contributed by atoms with Crippen molar-refractivity contribution in [2.24, 2.45) is 0 Å². The van der Waals surface area contributed by atoms with E-state index in [9.17, 15) is 4.79 Å². The van der Waals surface area contributed by atoms with E-state index in [2.05, 4.69) is 15.3 Å². The first-order chi connectivity index (χ1) is 9.70. The van der Waals surface area contributed by atoms with E-state index < -0.39 is 0 Å². The van der Waals surface area contributed by atoms with Crippen molar-refractivity contribution in [3.63, 3.8) is 0 Å². The zero-order valence-electron chi connectivity index (χ0n) is 11.5. The Morgan fingerprint density at radius 3 is 2.75 bits per heavy atom. The van der Waals surface area contributed by atoms with E-state index in [0.29, 0.717) is 18.0 Å². The van der Waals surface area contributed by atoms with Crippen molar-refractivity contribution in [3.8, 4) is 11.4 Å². The van der Waals surface area contributed by atoms with Gasteiger partial charge in [-0.2, -0.15) is 0 Å². The summed E-state index contributed by atoms with van der Waals surface area (Å²) >= 11 is 0. The third-order valence-corrected chi connectivity index (χ3v) is 2.74. The van der Waals surface area contributed by atoms with Crippen LogP contribution in [0.4, 0.5) is 0 Å². The van der Waals surface area contributed by atoms with Crippen LogP contribution in [0.25, 0.3) is 11.4 Å². The molecule has 0 radical (unpaired) electrons. The minimum atomic E-state index is -0.132. The lowest BCUT2D eigenvalue weighted by molar-refractivity contribution is 0.0905. The van der Waals surface area contributed by atoms with Gasteiger partial charge in [0.1, 0.15) is 0 Å². The maximum atomic E-state index is 12.1. The summed E-state index contributed by atoms with van der Waals surface area (Å²) in [5.41, 5.74) is 1.40. The molecule has 104 valence electrons. The number of rotatable bonds is 5. The fourth-order valence-electron chi connectivity index (χ4n) is 1.85. The van der Waals surface area contributed by atoms with Gasteiger partial charge in [0.15, 0.2) is 5.82 Å². The topological polar surface area (TPSA) is 64.1 Å². The van der Waals surface area contributed by atoms with Crippen LogP contribution in [-0.4, -0.2) is 35.6 Å². The summed E-state index contributed by atoms with van der Waals surface area (Å²) in [6.45, 7) is 2.37. The van der Waals surface area contributed by atoms with Gasteiger partial charge in [0.2, 0.25) is 0 Å². The van der Waals surface area contributed by atoms with E-state index in [1.54, 1.807) is 37.7 Å². The molecule has 1 aromatic heterocycles. The lowest BCUT2D eigenvalue weighted by Gasteiger charge is -2.13. The highest BCUT2D eigenvalue weighted by Gasteiger charge is 2.11. The van der Waals surface area contributed by atoms with Crippen LogP contribution in [0.15, 0.2) is 42.7 Å². The normalized spacial score (nSPS) is 11.9. The number of amides is 1. The van der Waals surface area contributed by atoms with Crippen LogP contribution in [0, 0.1) is 0 Å². The van der Waals surface area contributed by atoms with Crippen LogP contribution in [0.1, 0.15) is 17.3 Å². The second-order valence-corrected chi connectivity index (χ2v) is 4.48. The van der Waals surface area contributed by atoms with E-state index in [4.69, 9.17) is 4.74 Å². The SMILES string of the molecule is COCC(C)NC(=O)c1cccc(-c2ncccn2)c1. The van der Waals surface area contributed by atoms with Crippen molar-refractivity contribution in [2.75, 3.05) is 13.7 Å². The predicted molar refractivity (Wildman–Crippen MR) is 76.3 cm³/mol. The Bertz CT molecular complexity index is 572. The Labute approximate surface area is 118 Å². The Kier molecular flexibility index (Phi) is 4.79. The molecule has 0 fully saturated rings. The van der Waals surface area contributed by atoms with Gasteiger partial charge in [-0.1, -0.05) is 12.1 Å². The van der Waals surface area contributed by atoms with Gasteiger partial charge >= 0.3 is 0 Å². The number of ether oxygens (including phenoxy) is 1. The van der Waals surface area contributed by atoms with Gasteiger partial charge in [-0.25, -0.2) is 9.97 Å². The molecular formula is C15H17N3O2. The zero-order valence-corrected chi connectivity index (χ0v) is 11.5. The average molecular weight is 271 g/mol. The minimum absolute atomic E-state index is 0.0378. The molecular weight excluding hydrogens is 254 g/mol. The summed E-state index contributed by atoms with van der Waals surface area (Å²) in [7, 11) is 1.61. The molecule has 20 heavy (non-hydrogen) atoms. The van der Waals surface area contributed by atoms with E-state index >= 15 is 0 Å². The van der Waals surface area contributed by atoms with Crippen molar-refractivity contribution in [3.05, 3.63) is 48.3 Å². The van der Waals surface area contributed by atoms with Gasteiger partial charge in [0, 0.05) is 36.7 Å². The number of hydrogen-bond donors (Lipinski definition) is 1. The molecule has 1 unspecified atom stereocenters. The van der Waals surface area contributed by atoms with Gasteiger partial charge < -0.3 is 10.1 Å². The molecule has 1 amide bonds. The van der Waals surface area contributed by atoms with Gasteiger partial charge in [0.05, 0.1) is 6.61 Å². The molecule has 5 nitrogen and oxygen atoms in total. The molecule has 1 atom stereocenters. The number of nitrogens with zero attached hydrogens (tertiary/aromatic N) is 2. The molecule has 5 heteroatoms. The molecule has 0 spiro atoms. The number of hydrogen-bond acceptors (Lipinski definition) is 4. The molecule has 0 aliphatic rings. The van der Waals surface area contributed by atoms with Crippen LogP contribution in [0.2, 0.25) is 0 Å². The number of benzene rings is 1. The first-order valence-corrected chi connectivity index (χ1v) is 6.38. The van der Waals surface area contributed by atoms with Gasteiger partial charge in [-0.15, -0.1) is 0 Å². The third-order valence-electron chi connectivity index (χ3n) is 2.74. The molecule has 1 aromatic carbocycles. The average Bonchev–Trinajstić information content (AvgIpc) is 2.48. The van der Waals surface area contributed by atoms with Crippen molar-refractivity contribution in [1.82, 2.24) is 15.3 Å². The second-order valence-electron chi connectivity index (χ2n) is 4.48. The Morgan fingerprint density at radius 2 is 2.05 bits per heavy atom. The number of nitrogens with one attached hydrogen (secondary N) is 1. The van der Waals surface area contributed by atoms with E-state index in [1.165, 1.54) is 0 Å². The number of methoxy groups -OCH3 is 1. The summed E-state index contributed by atoms with van der Waals surface area (Å²) in [5.74, 6) is 0.472. The molecule has 0 bridgehead atoms. The van der Waals surface area contributed by atoms with Gasteiger partial charge in [-0.3, -0.25) is 4.79 Å². The summed E-state index contributed by atoms with van der Waals surface area (Å²) in [5, 5.41) is 2.87.